The maximum absolute atomic E-state index is 12.0. The molecule has 0 heterocycles. The van der Waals surface area contributed by atoms with Gasteiger partial charge in [-0.25, -0.2) is 13.1 Å². The number of nitrogens with two attached hydrogens (primary N) is 1. The van der Waals surface area contributed by atoms with E-state index >= 15 is 0 Å². The predicted molar refractivity (Wildman–Crippen MR) is 61.8 cm³/mol. The number of aryl methyl sites for hydroxylation is 1. The third-order valence-electron chi connectivity index (χ3n) is 2.07. The van der Waals surface area contributed by atoms with E-state index in [0.29, 0.717) is 5.56 Å². The SMILES string of the molecule is Cc1cc(Cl)c(S(=O)(=O)NCC(F)(F)F)cc1N. The summed E-state index contributed by atoms with van der Waals surface area (Å²) in [5.41, 5.74) is 6.16. The second-order valence-corrected chi connectivity index (χ2v) is 5.72. The number of sulfonamides is 1. The van der Waals surface area contributed by atoms with Crippen LogP contribution in [0.1, 0.15) is 5.56 Å². The van der Waals surface area contributed by atoms with E-state index in [0.717, 1.165) is 6.07 Å². The van der Waals surface area contributed by atoms with Crippen molar-refractivity contribution in [1.29, 1.82) is 0 Å². The van der Waals surface area contributed by atoms with Crippen LogP contribution in [0.5, 0.6) is 0 Å². The van der Waals surface area contributed by atoms with Gasteiger partial charge in [-0.2, -0.15) is 13.2 Å². The molecule has 1 aromatic rings. The average molecular weight is 303 g/mol. The minimum Gasteiger partial charge on any atom is -0.398 e. The van der Waals surface area contributed by atoms with Gasteiger partial charge in [0.1, 0.15) is 11.4 Å². The number of nitrogen functional groups attached to an aromatic ring is 1. The molecular weight excluding hydrogens is 293 g/mol. The van der Waals surface area contributed by atoms with Gasteiger partial charge in [0.25, 0.3) is 0 Å². The molecule has 0 saturated heterocycles. The van der Waals surface area contributed by atoms with E-state index in [1.54, 1.807) is 6.92 Å². The molecule has 0 amide bonds. The molecule has 1 rings (SSSR count). The maximum atomic E-state index is 12.0. The second kappa shape index (κ2) is 4.94. The lowest BCUT2D eigenvalue weighted by atomic mass is 10.2. The first-order chi connectivity index (χ1) is 8.03. The normalized spacial score (nSPS) is 12.7. The van der Waals surface area contributed by atoms with Gasteiger partial charge in [-0.05, 0) is 24.6 Å². The summed E-state index contributed by atoms with van der Waals surface area (Å²) in [7, 11) is -4.35. The van der Waals surface area contributed by atoms with Crippen LogP contribution in [0, 0.1) is 6.92 Å². The largest absolute Gasteiger partial charge is 0.402 e. The quantitative estimate of drug-likeness (QED) is 0.840. The highest BCUT2D eigenvalue weighted by Gasteiger charge is 2.30. The molecule has 0 fully saturated rings. The van der Waals surface area contributed by atoms with E-state index in [4.69, 9.17) is 17.3 Å². The topological polar surface area (TPSA) is 72.2 Å². The number of benzene rings is 1. The number of hydrogen-bond donors (Lipinski definition) is 2. The van der Waals surface area contributed by atoms with Gasteiger partial charge in [0.05, 0.1) is 5.02 Å². The van der Waals surface area contributed by atoms with E-state index < -0.39 is 27.6 Å². The summed E-state index contributed by atoms with van der Waals surface area (Å²) in [5, 5.41) is -0.184. The van der Waals surface area contributed by atoms with Gasteiger partial charge in [-0.1, -0.05) is 11.6 Å². The minimum absolute atomic E-state index is 0.131. The Bertz CT molecular complexity index is 558. The van der Waals surface area contributed by atoms with Gasteiger partial charge in [0.15, 0.2) is 0 Å². The molecule has 0 aliphatic rings. The molecule has 0 aromatic heterocycles. The van der Waals surface area contributed by atoms with Gasteiger partial charge in [0, 0.05) is 5.69 Å². The van der Waals surface area contributed by atoms with Gasteiger partial charge in [0.2, 0.25) is 10.0 Å². The molecule has 0 bridgehead atoms. The summed E-state index contributed by atoms with van der Waals surface area (Å²) < 4.78 is 60.5. The molecule has 0 atom stereocenters. The molecular formula is C9H10ClF3N2O2S. The van der Waals surface area contributed by atoms with E-state index in [-0.39, 0.29) is 10.7 Å². The standard InChI is InChI=1S/C9H10ClF3N2O2S/c1-5-2-6(10)8(3-7(5)14)18(16,17)15-4-9(11,12)13/h2-3,15H,4,14H2,1H3. The van der Waals surface area contributed by atoms with Crippen LogP contribution in [0.3, 0.4) is 0 Å². The van der Waals surface area contributed by atoms with Crippen molar-refractivity contribution in [3.63, 3.8) is 0 Å². The third kappa shape index (κ3) is 3.76. The van der Waals surface area contributed by atoms with Crippen LogP contribution in [-0.4, -0.2) is 21.1 Å². The highest BCUT2D eigenvalue weighted by Crippen LogP contribution is 2.27. The molecule has 0 spiro atoms. The Morgan fingerprint density at radius 1 is 1.39 bits per heavy atom. The van der Waals surface area contributed by atoms with Crippen LogP contribution in [-0.2, 0) is 10.0 Å². The summed E-state index contributed by atoms with van der Waals surface area (Å²) in [5.74, 6) is 0. The number of halogens is 4. The number of hydrogen-bond acceptors (Lipinski definition) is 3. The van der Waals surface area contributed by atoms with Crippen LogP contribution < -0.4 is 10.5 Å². The molecule has 3 N–H and O–H groups in total. The second-order valence-electron chi connectivity index (χ2n) is 3.58. The molecule has 102 valence electrons. The van der Waals surface area contributed by atoms with Gasteiger partial charge < -0.3 is 5.73 Å². The number of nitrogens with one attached hydrogen (secondary N) is 1. The Labute approximate surface area is 107 Å². The Kier molecular flexibility index (Phi) is 4.14. The summed E-state index contributed by atoms with van der Waals surface area (Å²) in [6, 6.07) is 2.30. The Hall–Kier alpha value is -0.990. The van der Waals surface area contributed by atoms with E-state index in [2.05, 4.69) is 0 Å². The van der Waals surface area contributed by atoms with Crippen molar-refractivity contribution in [1.82, 2.24) is 4.72 Å². The van der Waals surface area contributed by atoms with Gasteiger partial charge in [-0.3, -0.25) is 0 Å². The smallest absolute Gasteiger partial charge is 0.398 e. The zero-order valence-corrected chi connectivity index (χ0v) is 10.7. The molecule has 9 heteroatoms. The lowest BCUT2D eigenvalue weighted by Gasteiger charge is -2.12. The fourth-order valence-electron chi connectivity index (χ4n) is 1.13. The number of alkyl halides is 3. The van der Waals surface area contributed by atoms with Crippen molar-refractivity contribution in [2.75, 3.05) is 12.3 Å². The third-order valence-corrected chi connectivity index (χ3v) is 3.94. The summed E-state index contributed by atoms with van der Waals surface area (Å²) in [6.07, 6.45) is -4.64. The van der Waals surface area contributed by atoms with Crippen molar-refractivity contribution < 1.29 is 21.6 Å². The van der Waals surface area contributed by atoms with Gasteiger partial charge >= 0.3 is 6.18 Å². The first kappa shape index (κ1) is 15.1. The average Bonchev–Trinajstić information content (AvgIpc) is 2.19. The maximum Gasteiger partial charge on any atom is 0.402 e. The van der Waals surface area contributed by atoms with E-state index in [9.17, 15) is 21.6 Å². The molecule has 0 aliphatic heterocycles. The van der Waals surface area contributed by atoms with Crippen LogP contribution in [0.4, 0.5) is 18.9 Å². The monoisotopic (exact) mass is 302 g/mol. The van der Waals surface area contributed by atoms with Crippen LogP contribution in [0.25, 0.3) is 0 Å². The molecule has 0 radical (unpaired) electrons. The Morgan fingerprint density at radius 3 is 2.44 bits per heavy atom. The van der Waals surface area contributed by atoms with Crippen molar-refractivity contribution in [2.24, 2.45) is 0 Å². The zero-order valence-electron chi connectivity index (χ0n) is 9.18. The van der Waals surface area contributed by atoms with Crippen molar-refractivity contribution in [2.45, 2.75) is 18.0 Å². The fraction of sp³-hybridized carbons (Fsp3) is 0.333. The summed E-state index contributed by atoms with van der Waals surface area (Å²) >= 11 is 5.68. The Balaban J connectivity index is 3.10. The van der Waals surface area contributed by atoms with Gasteiger partial charge in [-0.15, -0.1) is 0 Å². The lowest BCUT2D eigenvalue weighted by Crippen LogP contribution is -2.33. The number of rotatable bonds is 3. The van der Waals surface area contributed by atoms with E-state index in [1.165, 1.54) is 10.8 Å². The molecule has 18 heavy (non-hydrogen) atoms. The zero-order chi connectivity index (χ0) is 14.1. The highest BCUT2D eigenvalue weighted by atomic mass is 35.5. The predicted octanol–water partition coefficient (Wildman–Crippen LogP) is 2.07. The van der Waals surface area contributed by atoms with Crippen molar-refractivity contribution >= 4 is 27.3 Å². The first-order valence-electron chi connectivity index (χ1n) is 4.65. The molecule has 0 saturated carbocycles. The van der Waals surface area contributed by atoms with Crippen LogP contribution in [0.15, 0.2) is 17.0 Å². The van der Waals surface area contributed by atoms with E-state index in [1.807, 2.05) is 0 Å². The summed E-state index contributed by atoms with van der Waals surface area (Å²) in [4.78, 5) is -0.475. The van der Waals surface area contributed by atoms with Crippen molar-refractivity contribution in [3.05, 3.63) is 22.7 Å². The van der Waals surface area contributed by atoms with Crippen molar-refractivity contribution in [3.8, 4) is 0 Å². The Morgan fingerprint density at radius 2 is 1.94 bits per heavy atom. The minimum atomic E-state index is -4.64. The summed E-state index contributed by atoms with van der Waals surface area (Å²) in [6.45, 7) is -0.0692. The molecule has 1 aromatic carbocycles. The lowest BCUT2D eigenvalue weighted by molar-refractivity contribution is -0.121. The fourth-order valence-corrected chi connectivity index (χ4v) is 2.76. The molecule has 0 unspecified atom stereocenters. The molecule has 0 aliphatic carbocycles. The number of anilines is 1. The van der Waals surface area contributed by atoms with Crippen LogP contribution >= 0.6 is 11.6 Å². The first-order valence-corrected chi connectivity index (χ1v) is 6.51. The molecule has 4 nitrogen and oxygen atoms in total. The van der Waals surface area contributed by atoms with Crippen LogP contribution in [0.2, 0.25) is 5.02 Å². The highest BCUT2D eigenvalue weighted by molar-refractivity contribution is 7.89.